The average Bonchev–Trinajstić information content (AvgIpc) is 2.76. The monoisotopic (exact) mass is 446 g/mol. The highest BCUT2D eigenvalue weighted by Gasteiger charge is 2.44. The number of aromatic hydroxyl groups is 1. The van der Waals surface area contributed by atoms with Gasteiger partial charge in [-0.15, -0.1) is 0 Å². The zero-order valence-corrected chi connectivity index (χ0v) is 18.1. The van der Waals surface area contributed by atoms with Crippen LogP contribution in [0.25, 0.3) is 6.08 Å². The molecule has 3 N–H and O–H groups in total. The number of Topliss-reactive ketones (excluding diaryl/α,β-unsaturated/α-hetero) is 2. The largest absolute Gasteiger partial charge is 0.507 e. The molecule has 0 saturated carbocycles. The molecule has 32 heavy (non-hydrogen) atoms. The van der Waals surface area contributed by atoms with Crippen LogP contribution >= 0.6 is 0 Å². The van der Waals surface area contributed by atoms with Crippen molar-refractivity contribution in [2.24, 2.45) is 0 Å². The van der Waals surface area contributed by atoms with Crippen LogP contribution < -0.4 is 0 Å². The van der Waals surface area contributed by atoms with Crippen LogP contribution in [0, 0.1) is 0 Å². The van der Waals surface area contributed by atoms with Crippen molar-refractivity contribution in [2.45, 2.75) is 51.3 Å². The number of methoxy groups -OCH3 is 1. The number of phenols is 1. The van der Waals surface area contributed by atoms with Crippen molar-refractivity contribution < 1.29 is 43.9 Å². The SMILES string of the molecule is CCC[C@H]1OC(C)=Cc2cc3c(c(O)c21)C(=O)C([C@@H]1OC[C@H](O)[C@@H](CO)O1)=C(OC)C3=O. The summed E-state index contributed by atoms with van der Waals surface area (Å²) in [6, 6.07) is 1.57. The van der Waals surface area contributed by atoms with Gasteiger partial charge in [0, 0.05) is 11.1 Å². The van der Waals surface area contributed by atoms with E-state index in [0.29, 0.717) is 23.3 Å². The second-order valence-electron chi connectivity index (χ2n) is 8.00. The van der Waals surface area contributed by atoms with E-state index in [0.717, 1.165) is 6.42 Å². The molecule has 4 atom stereocenters. The third-order valence-electron chi connectivity index (χ3n) is 5.86. The van der Waals surface area contributed by atoms with Gasteiger partial charge >= 0.3 is 0 Å². The number of fused-ring (bicyclic) bond motifs is 2. The lowest BCUT2D eigenvalue weighted by Gasteiger charge is -2.35. The fourth-order valence-corrected chi connectivity index (χ4v) is 4.37. The molecule has 1 saturated heterocycles. The Morgan fingerprint density at radius 1 is 1.25 bits per heavy atom. The van der Waals surface area contributed by atoms with E-state index < -0.39 is 42.8 Å². The number of ketones is 2. The van der Waals surface area contributed by atoms with Crippen LogP contribution in [0.2, 0.25) is 0 Å². The number of phenolic OH excluding ortho intramolecular Hbond substituents is 1. The number of hydrogen-bond acceptors (Lipinski definition) is 9. The molecule has 1 aromatic carbocycles. The van der Waals surface area contributed by atoms with E-state index in [-0.39, 0.29) is 34.8 Å². The Morgan fingerprint density at radius 3 is 2.66 bits per heavy atom. The summed E-state index contributed by atoms with van der Waals surface area (Å²) in [5.41, 5.74) is 0.689. The first kappa shape index (κ1) is 22.5. The fourth-order valence-electron chi connectivity index (χ4n) is 4.37. The van der Waals surface area contributed by atoms with E-state index in [9.17, 15) is 24.9 Å². The third-order valence-corrected chi connectivity index (χ3v) is 5.86. The summed E-state index contributed by atoms with van der Waals surface area (Å²) >= 11 is 0. The summed E-state index contributed by atoms with van der Waals surface area (Å²) < 4.78 is 22.1. The molecular formula is C23H26O9. The lowest BCUT2D eigenvalue weighted by molar-refractivity contribution is -0.242. The Morgan fingerprint density at radius 2 is 2.00 bits per heavy atom. The Hall–Kier alpha value is -2.72. The summed E-state index contributed by atoms with van der Waals surface area (Å²) in [6.07, 6.45) is -0.789. The predicted molar refractivity (Wildman–Crippen MR) is 111 cm³/mol. The van der Waals surface area contributed by atoms with E-state index in [1.807, 2.05) is 6.92 Å². The molecule has 1 aliphatic carbocycles. The normalized spacial score (nSPS) is 27.5. The molecule has 0 amide bonds. The molecule has 1 fully saturated rings. The zero-order chi connectivity index (χ0) is 23.2. The quantitative estimate of drug-likeness (QED) is 0.621. The number of carbonyl (C=O) groups is 2. The Labute approximate surface area is 184 Å². The number of carbonyl (C=O) groups excluding carboxylic acids is 2. The molecule has 0 spiro atoms. The molecule has 172 valence electrons. The molecule has 3 aliphatic rings. The summed E-state index contributed by atoms with van der Waals surface area (Å²) in [5.74, 6) is -1.22. The maximum atomic E-state index is 13.6. The van der Waals surface area contributed by atoms with Gasteiger partial charge in [0.15, 0.2) is 12.0 Å². The highest BCUT2D eigenvalue weighted by Crippen LogP contribution is 2.45. The fraction of sp³-hybridized carbons (Fsp3) is 0.478. The predicted octanol–water partition coefficient (Wildman–Crippen LogP) is 2.00. The standard InChI is InChI=1S/C23H26O9/c1-4-5-14-16-11(6-10(2)31-14)7-12-17(20(16)27)21(28)18(22(29-3)19(12)26)23-30-9-13(25)15(8-24)32-23/h6-7,13-15,23-25,27H,4-5,8-9H2,1-3H3/t13-,14+,15+,23+/m0/s1. The molecule has 9 heteroatoms. The van der Waals surface area contributed by atoms with E-state index >= 15 is 0 Å². The number of ether oxygens (including phenoxy) is 4. The highest BCUT2D eigenvalue weighted by molar-refractivity contribution is 6.27. The first-order chi connectivity index (χ1) is 15.3. The van der Waals surface area contributed by atoms with Gasteiger partial charge < -0.3 is 34.3 Å². The third kappa shape index (κ3) is 3.51. The Balaban J connectivity index is 1.85. The molecule has 0 radical (unpaired) electrons. The van der Waals surface area contributed by atoms with Crippen LogP contribution in [0.3, 0.4) is 0 Å². The number of aliphatic hydroxyl groups is 2. The minimum Gasteiger partial charge on any atom is -0.507 e. The van der Waals surface area contributed by atoms with Crippen molar-refractivity contribution in [3.63, 3.8) is 0 Å². The summed E-state index contributed by atoms with van der Waals surface area (Å²) in [7, 11) is 1.25. The minimum atomic E-state index is -1.35. The van der Waals surface area contributed by atoms with Crippen LogP contribution in [0.1, 0.15) is 64.6 Å². The van der Waals surface area contributed by atoms with E-state index in [2.05, 4.69) is 0 Å². The van der Waals surface area contributed by atoms with E-state index in [4.69, 9.17) is 18.9 Å². The molecule has 2 heterocycles. The first-order valence-electron chi connectivity index (χ1n) is 10.5. The van der Waals surface area contributed by atoms with Crippen LogP contribution in [-0.2, 0) is 18.9 Å². The summed E-state index contributed by atoms with van der Waals surface area (Å²) in [5, 5.41) is 30.5. The lowest BCUT2D eigenvalue weighted by Crippen LogP contribution is -2.48. The number of benzene rings is 1. The van der Waals surface area contributed by atoms with Crippen molar-refractivity contribution >= 4 is 17.6 Å². The van der Waals surface area contributed by atoms with Crippen LogP contribution in [0.4, 0.5) is 0 Å². The topological polar surface area (TPSA) is 132 Å². The van der Waals surface area contributed by atoms with Gasteiger partial charge in [-0.3, -0.25) is 9.59 Å². The van der Waals surface area contributed by atoms with Gasteiger partial charge in [-0.05, 0) is 31.1 Å². The van der Waals surface area contributed by atoms with Gasteiger partial charge in [0.1, 0.15) is 29.6 Å². The van der Waals surface area contributed by atoms with Crippen molar-refractivity contribution in [3.05, 3.63) is 45.4 Å². The van der Waals surface area contributed by atoms with Gasteiger partial charge in [-0.1, -0.05) is 13.3 Å². The Kier molecular flexibility index (Phi) is 6.09. The summed E-state index contributed by atoms with van der Waals surface area (Å²) in [4.78, 5) is 26.8. The molecular weight excluding hydrogens is 420 g/mol. The summed E-state index contributed by atoms with van der Waals surface area (Å²) in [6.45, 7) is 3.06. The van der Waals surface area contributed by atoms with Gasteiger partial charge in [0.25, 0.3) is 0 Å². The molecule has 0 bridgehead atoms. The van der Waals surface area contributed by atoms with Crippen molar-refractivity contribution in [1.82, 2.24) is 0 Å². The second-order valence-corrected chi connectivity index (χ2v) is 8.00. The number of rotatable bonds is 5. The van der Waals surface area contributed by atoms with Crippen LogP contribution in [-0.4, -0.2) is 65.7 Å². The molecule has 0 aromatic heterocycles. The maximum absolute atomic E-state index is 13.6. The number of allylic oxidation sites excluding steroid dienone is 2. The van der Waals surface area contributed by atoms with Gasteiger partial charge in [-0.2, -0.15) is 0 Å². The number of aliphatic hydroxyl groups excluding tert-OH is 2. The average molecular weight is 446 g/mol. The maximum Gasteiger partial charge on any atom is 0.229 e. The molecule has 2 aliphatic heterocycles. The second kappa shape index (κ2) is 8.67. The zero-order valence-electron chi connectivity index (χ0n) is 18.1. The van der Waals surface area contributed by atoms with Crippen molar-refractivity contribution in [3.8, 4) is 5.75 Å². The molecule has 0 unspecified atom stereocenters. The minimum absolute atomic E-state index is 0.0163. The first-order valence-corrected chi connectivity index (χ1v) is 10.5. The molecule has 9 nitrogen and oxygen atoms in total. The van der Waals surface area contributed by atoms with Crippen LogP contribution in [0.5, 0.6) is 5.75 Å². The van der Waals surface area contributed by atoms with Crippen LogP contribution in [0.15, 0.2) is 23.2 Å². The van der Waals surface area contributed by atoms with Gasteiger partial charge in [0.05, 0.1) is 31.6 Å². The van der Waals surface area contributed by atoms with E-state index in [1.165, 1.54) is 7.11 Å². The van der Waals surface area contributed by atoms with Crippen molar-refractivity contribution in [2.75, 3.05) is 20.3 Å². The Bertz CT molecular complexity index is 1020. The van der Waals surface area contributed by atoms with Gasteiger partial charge in [0.2, 0.25) is 11.6 Å². The highest BCUT2D eigenvalue weighted by atomic mass is 16.7. The van der Waals surface area contributed by atoms with E-state index in [1.54, 1.807) is 19.1 Å². The number of hydrogen-bond donors (Lipinski definition) is 3. The van der Waals surface area contributed by atoms with Gasteiger partial charge in [-0.25, -0.2) is 0 Å². The van der Waals surface area contributed by atoms with Crippen molar-refractivity contribution in [1.29, 1.82) is 0 Å². The lowest BCUT2D eigenvalue weighted by atomic mass is 9.81. The smallest absolute Gasteiger partial charge is 0.229 e. The molecule has 1 aromatic rings. The molecule has 4 rings (SSSR count).